The van der Waals surface area contributed by atoms with Crippen molar-refractivity contribution in [3.63, 3.8) is 0 Å². The Morgan fingerprint density at radius 1 is 1.17 bits per heavy atom. The molecular weight excluding hydrogens is 316 g/mol. The first-order chi connectivity index (χ1) is 11.0. The largest absolute Gasteiger partial charge is 0.447 e. The summed E-state index contributed by atoms with van der Waals surface area (Å²) in [7, 11) is -2.37. The summed E-state index contributed by atoms with van der Waals surface area (Å²) in [5.41, 5.74) is 0.577. The van der Waals surface area contributed by atoms with E-state index < -0.39 is 16.0 Å². The first-order valence-corrected chi connectivity index (χ1v) is 8.09. The third kappa shape index (κ3) is 3.67. The number of para-hydroxylation sites is 1. The van der Waals surface area contributed by atoms with Gasteiger partial charge in [-0.15, -0.1) is 0 Å². The van der Waals surface area contributed by atoms with Gasteiger partial charge in [0.2, 0.25) is 0 Å². The number of benzene rings is 2. The molecule has 0 aliphatic rings. The molecule has 6 nitrogen and oxygen atoms in total. The summed E-state index contributed by atoms with van der Waals surface area (Å²) in [5, 5.41) is 8.41. The summed E-state index contributed by atoms with van der Waals surface area (Å²) in [5.74, 6) is -0.744. The lowest BCUT2D eigenvalue weighted by Gasteiger charge is -2.19. The summed E-state index contributed by atoms with van der Waals surface area (Å²) in [6.45, 7) is -0.389. The molecule has 23 heavy (non-hydrogen) atoms. The van der Waals surface area contributed by atoms with Gasteiger partial charge in [0.1, 0.15) is 6.07 Å². The lowest BCUT2D eigenvalue weighted by Crippen LogP contribution is -2.26. The SMILES string of the molecule is CN(c1ccccc1)S(=O)(=O)c1cccc(C(=O)OCC#N)c1. The molecule has 0 heterocycles. The maximum atomic E-state index is 12.6. The molecular formula is C16H14N2O4S. The van der Waals surface area contributed by atoms with Crippen LogP contribution in [0, 0.1) is 11.3 Å². The first kappa shape index (κ1) is 16.5. The number of esters is 1. The van der Waals surface area contributed by atoms with Crippen molar-refractivity contribution in [2.45, 2.75) is 4.90 Å². The van der Waals surface area contributed by atoms with Crippen LogP contribution in [-0.2, 0) is 14.8 Å². The van der Waals surface area contributed by atoms with Gasteiger partial charge in [0.05, 0.1) is 16.1 Å². The van der Waals surface area contributed by atoms with Gasteiger partial charge in [-0.1, -0.05) is 24.3 Å². The Labute approximate surface area is 134 Å². The number of hydrogen-bond donors (Lipinski definition) is 0. The highest BCUT2D eigenvalue weighted by atomic mass is 32.2. The van der Waals surface area contributed by atoms with Crippen LogP contribution in [0.2, 0.25) is 0 Å². The number of nitrogens with zero attached hydrogens (tertiary/aromatic N) is 2. The van der Waals surface area contributed by atoms with E-state index in [0.717, 1.165) is 4.31 Å². The second-order valence-corrected chi connectivity index (χ2v) is 6.54. The highest BCUT2D eigenvalue weighted by Gasteiger charge is 2.22. The zero-order chi connectivity index (χ0) is 16.9. The van der Waals surface area contributed by atoms with E-state index in [2.05, 4.69) is 4.74 Å². The van der Waals surface area contributed by atoms with Gasteiger partial charge in [-0.05, 0) is 30.3 Å². The molecule has 7 heteroatoms. The number of carbonyl (C=O) groups excluding carboxylic acids is 1. The van der Waals surface area contributed by atoms with Crippen molar-refractivity contribution in [2.75, 3.05) is 18.0 Å². The maximum Gasteiger partial charge on any atom is 0.339 e. The Kier molecular flexibility index (Phi) is 4.98. The Morgan fingerprint density at radius 2 is 1.87 bits per heavy atom. The third-order valence-corrected chi connectivity index (χ3v) is 4.90. The standard InChI is InChI=1S/C16H14N2O4S/c1-18(14-7-3-2-4-8-14)23(20,21)15-9-5-6-13(12-15)16(19)22-11-10-17/h2-9,12H,11H2,1H3. The fraction of sp³-hybridized carbons (Fsp3) is 0.125. The van der Waals surface area contributed by atoms with Crippen LogP contribution in [0.25, 0.3) is 0 Å². The molecule has 0 atom stereocenters. The number of sulfonamides is 1. The van der Waals surface area contributed by atoms with Crippen LogP contribution in [0.4, 0.5) is 5.69 Å². The number of nitriles is 1. The van der Waals surface area contributed by atoms with Crippen molar-refractivity contribution in [1.29, 1.82) is 5.26 Å². The summed E-state index contributed by atoms with van der Waals surface area (Å²) < 4.78 is 31.1. The van der Waals surface area contributed by atoms with E-state index in [4.69, 9.17) is 5.26 Å². The van der Waals surface area contributed by atoms with E-state index in [-0.39, 0.29) is 17.1 Å². The van der Waals surface area contributed by atoms with Crippen LogP contribution in [0.1, 0.15) is 10.4 Å². The van der Waals surface area contributed by atoms with Gasteiger partial charge in [0.15, 0.2) is 6.61 Å². The molecule has 0 amide bonds. The molecule has 2 aromatic carbocycles. The van der Waals surface area contributed by atoms with Crippen LogP contribution in [0.5, 0.6) is 0 Å². The first-order valence-electron chi connectivity index (χ1n) is 6.65. The molecule has 0 bridgehead atoms. The number of hydrogen-bond acceptors (Lipinski definition) is 5. The van der Waals surface area contributed by atoms with Crippen LogP contribution in [0.15, 0.2) is 59.5 Å². The normalized spacial score (nSPS) is 10.6. The van der Waals surface area contributed by atoms with Gasteiger partial charge in [-0.3, -0.25) is 4.31 Å². The van der Waals surface area contributed by atoms with E-state index in [9.17, 15) is 13.2 Å². The minimum Gasteiger partial charge on any atom is -0.447 e. The molecule has 118 valence electrons. The van der Waals surface area contributed by atoms with Crippen molar-refractivity contribution < 1.29 is 17.9 Å². The minimum absolute atomic E-state index is 0.0322. The number of carbonyl (C=O) groups is 1. The lowest BCUT2D eigenvalue weighted by atomic mass is 10.2. The van der Waals surface area contributed by atoms with Crippen molar-refractivity contribution >= 4 is 21.7 Å². The molecule has 0 saturated heterocycles. The lowest BCUT2D eigenvalue weighted by molar-refractivity contribution is 0.0554. The van der Waals surface area contributed by atoms with Crippen molar-refractivity contribution in [3.8, 4) is 6.07 Å². The second-order valence-electron chi connectivity index (χ2n) is 4.57. The van der Waals surface area contributed by atoms with Crippen molar-refractivity contribution in [3.05, 3.63) is 60.2 Å². The highest BCUT2D eigenvalue weighted by Crippen LogP contribution is 2.22. The third-order valence-electron chi connectivity index (χ3n) is 3.12. The zero-order valence-corrected chi connectivity index (χ0v) is 13.2. The van der Waals surface area contributed by atoms with E-state index >= 15 is 0 Å². The Morgan fingerprint density at radius 3 is 2.52 bits per heavy atom. The summed E-state index contributed by atoms with van der Waals surface area (Å²) >= 11 is 0. The monoisotopic (exact) mass is 330 g/mol. The topological polar surface area (TPSA) is 87.5 Å². The number of ether oxygens (including phenoxy) is 1. The van der Waals surface area contributed by atoms with E-state index in [1.54, 1.807) is 36.4 Å². The van der Waals surface area contributed by atoms with Crippen LogP contribution in [-0.4, -0.2) is 28.0 Å². The van der Waals surface area contributed by atoms with Crippen molar-refractivity contribution in [1.82, 2.24) is 0 Å². The molecule has 0 N–H and O–H groups in total. The van der Waals surface area contributed by atoms with E-state index in [1.165, 1.54) is 31.3 Å². The van der Waals surface area contributed by atoms with E-state index in [0.29, 0.717) is 5.69 Å². The number of anilines is 1. The molecule has 0 spiro atoms. The molecule has 0 aliphatic heterocycles. The van der Waals surface area contributed by atoms with Gasteiger partial charge in [-0.2, -0.15) is 5.26 Å². The van der Waals surface area contributed by atoms with Gasteiger partial charge in [0, 0.05) is 7.05 Å². The van der Waals surface area contributed by atoms with E-state index in [1.807, 2.05) is 0 Å². The predicted molar refractivity (Wildman–Crippen MR) is 84.4 cm³/mol. The molecule has 2 aromatic rings. The fourth-order valence-corrected chi connectivity index (χ4v) is 3.14. The van der Waals surface area contributed by atoms with Crippen molar-refractivity contribution in [2.24, 2.45) is 0 Å². The Balaban J connectivity index is 2.34. The van der Waals surface area contributed by atoms with Crippen LogP contribution >= 0.6 is 0 Å². The molecule has 0 fully saturated rings. The molecule has 0 aromatic heterocycles. The molecule has 0 unspecified atom stereocenters. The average Bonchev–Trinajstić information content (AvgIpc) is 2.59. The number of rotatable bonds is 5. The van der Waals surface area contributed by atoms with Crippen LogP contribution < -0.4 is 4.31 Å². The summed E-state index contributed by atoms with van der Waals surface area (Å²) in [6.07, 6.45) is 0. The van der Waals surface area contributed by atoms with Gasteiger partial charge < -0.3 is 4.74 Å². The van der Waals surface area contributed by atoms with Crippen LogP contribution in [0.3, 0.4) is 0 Å². The minimum atomic E-state index is -3.81. The molecule has 0 radical (unpaired) electrons. The highest BCUT2D eigenvalue weighted by molar-refractivity contribution is 7.92. The quantitative estimate of drug-likeness (QED) is 0.784. The predicted octanol–water partition coefficient (Wildman–Crippen LogP) is 2.19. The summed E-state index contributed by atoms with van der Waals surface area (Å²) in [6, 6.07) is 15.8. The van der Waals surface area contributed by atoms with Gasteiger partial charge in [-0.25, -0.2) is 13.2 Å². The Bertz CT molecular complexity index is 842. The second kappa shape index (κ2) is 6.94. The molecule has 2 rings (SSSR count). The maximum absolute atomic E-state index is 12.6. The smallest absolute Gasteiger partial charge is 0.339 e. The average molecular weight is 330 g/mol. The summed E-state index contributed by atoms with van der Waals surface area (Å²) in [4.78, 5) is 11.7. The molecule has 0 saturated carbocycles. The zero-order valence-electron chi connectivity index (χ0n) is 12.3. The fourth-order valence-electron chi connectivity index (χ4n) is 1.90. The van der Waals surface area contributed by atoms with Gasteiger partial charge in [0.25, 0.3) is 10.0 Å². The Hall–Kier alpha value is -2.85. The van der Waals surface area contributed by atoms with Gasteiger partial charge >= 0.3 is 5.97 Å². The molecule has 0 aliphatic carbocycles.